The Morgan fingerprint density at radius 1 is 1.41 bits per heavy atom. The third kappa shape index (κ3) is 4.43. The lowest BCUT2D eigenvalue weighted by molar-refractivity contribution is 0.0837. The van der Waals surface area contributed by atoms with Crippen LogP contribution in [-0.2, 0) is 11.3 Å². The highest BCUT2D eigenvalue weighted by Crippen LogP contribution is 2.20. The van der Waals surface area contributed by atoms with Gasteiger partial charge in [0.2, 0.25) is 0 Å². The average molecular weight is 234 g/mol. The number of ether oxygens (including phenoxy) is 2. The normalized spacial score (nSPS) is 11.0. The van der Waals surface area contributed by atoms with E-state index >= 15 is 0 Å². The van der Waals surface area contributed by atoms with E-state index in [0.29, 0.717) is 18.8 Å². The molecular weight excluding hydrogens is 216 g/mol. The van der Waals surface area contributed by atoms with E-state index in [1.54, 1.807) is 25.3 Å². The number of nitriles is 1. The van der Waals surface area contributed by atoms with Crippen LogP contribution >= 0.6 is 0 Å². The van der Waals surface area contributed by atoms with Gasteiger partial charge in [-0.15, -0.1) is 0 Å². The Balaban J connectivity index is 2.72. The zero-order chi connectivity index (χ0) is 12.9. The molecule has 1 rings (SSSR count). The van der Waals surface area contributed by atoms with Gasteiger partial charge in [-0.25, -0.2) is 0 Å². The van der Waals surface area contributed by atoms with Gasteiger partial charge in [0.15, 0.2) is 0 Å². The highest BCUT2D eigenvalue weighted by Gasteiger charge is 2.11. The molecule has 0 saturated heterocycles. The number of nitrogens with zero attached hydrogens (tertiary/aromatic N) is 1. The van der Waals surface area contributed by atoms with Crippen LogP contribution < -0.4 is 10.5 Å². The van der Waals surface area contributed by atoms with Crippen LogP contribution in [0.2, 0.25) is 0 Å². The van der Waals surface area contributed by atoms with Gasteiger partial charge in [-0.1, -0.05) is 0 Å². The maximum absolute atomic E-state index is 8.83. The molecule has 0 amide bonds. The first-order valence-electron chi connectivity index (χ1n) is 5.40. The van der Waals surface area contributed by atoms with E-state index in [1.807, 2.05) is 13.8 Å². The lowest BCUT2D eigenvalue weighted by Gasteiger charge is -2.18. The van der Waals surface area contributed by atoms with Crippen LogP contribution in [0, 0.1) is 11.3 Å². The van der Waals surface area contributed by atoms with Crippen LogP contribution in [0.4, 0.5) is 0 Å². The predicted octanol–water partition coefficient (Wildman–Crippen LogP) is 1.82. The van der Waals surface area contributed by atoms with Crippen LogP contribution in [0.5, 0.6) is 5.75 Å². The Kier molecular flexibility index (Phi) is 4.50. The molecule has 4 heteroatoms. The van der Waals surface area contributed by atoms with Gasteiger partial charge in [0.25, 0.3) is 0 Å². The Bertz CT molecular complexity index is 416. The first-order valence-corrected chi connectivity index (χ1v) is 5.40. The SMILES string of the molecule is COc1ccc(C#N)cc1COCC(C)(C)N. The van der Waals surface area contributed by atoms with E-state index in [4.69, 9.17) is 20.5 Å². The number of benzene rings is 1. The van der Waals surface area contributed by atoms with Crippen molar-refractivity contribution >= 4 is 0 Å². The Labute approximate surface area is 102 Å². The molecule has 0 radical (unpaired) electrons. The van der Waals surface area contributed by atoms with E-state index in [-0.39, 0.29) is 5.54 Å². The lowest BCUT2D eigenvalue weighted by Crippen LogP contribution is -2.37. The monoisotopic (exact) mass is 234 g/mol. The summed E-state index contributed by atoms with van der Waals surface area (Å²) in [6.45, 7) is 4.64. The highest BCUT2D eigenvalue weighted by atomic mass is 16.5. The molecule has 0 heterocycles. The zero-order valence-electron chi connectivity index (χ0n) is 10.5. The van der Waals surface area contributed by atoms with Crippen molar-refractivity contribution in [1.82, 2.24) is 0 Å². The first-order chi connectivity index (χ1) is 7.96. The van der Waals surface area contributed by atoms with Crippen LogP contribution in [0.3, 0.4) is 0 Å². The molecule has 1 aromatic rings. The van der Waals surface area contributed by atoms with Gasteiger partial charge in [-0.05, 0) is 32.0 Å². The number of hydrogen-bond acceptors (Lipinski definition) is 4. The minimum absolute atomic E-state index is 0.361. The van der Waals surface area contributed by atoms with Gasteiger partial charge in [0.05, 0.1) is 32.0 Å². The smallest absolute Gasteiger partial charge is 0.124 e. The average Bonchev–Trinajstić information content (AvgIpc) is 2.27. The largest absolute Gasteiger partial charge is 0.496 e. The second-order valence-corrected chi connectivity index (χ2v) is 4.62. The third-order valence-electron chi connectivity index (χ3n) is 2.14. The van der Waals surface area contributed by atoms with Gasteiger partial charge in [-0.3, -0.25) is 0 Å². The summed E-state index contributed by atoms with van der Waals surface area (Å²) in [7, 11) is 1.59. The minimum Gasteiger partial charge on any atom is -0.496 e. The predicted molar refractivity (Wildman–Crippen MR) is 65.6 cm³/mol. The van der Waals surface area contributed by atoms with Crippen molar-refractivity contribution in [3.63, 3.8) is 0 Å². The van der Waals surface area contributed by atoms with E-state index in [0.717, 1.165) is 11.3 Å². The van der Waals surface area contributed by atoms with E-state index in [2.05, 4.69) is 6.07 Å². The van der Waals surface area contributed by atoms with Gasteiger partial charge in [0.1, 0.15) is 5.75 Å². The van der Waals surface area contributed by atoms with Crippen molar-refractivity contribution in [2.45, 2.75) is 26.0 Å². The maximum Gasteiger partial charge on any atom is 0.124 e. The van der Waals surface area contributed by atoms with E-state index in [9.17, 15) is 0 Å². The molecule has 0 aromatic heterocycles. The summed E-state index contributed by atoms with van der Waals surface area (Å²) in [5.41, 5.74) is 6.91. The molecule has 1 aromatic carbocycles. The summed E-state index contributed by atoms with van der Waals surface area (Å²) in [6, 6.07) is 7.34. The summed E-state index contributed by atoms with van der Waals surface area (Å²) >= 11 is 0. The third-order valence-corrected chi connectivity index (χ3v) is 2.14. The van der Waals surface area contributed by atoms with Gasteiger partial charge in [-0.2, -0.15) is 5.26 Å². The van der Waals surface area contributed by atoms with Crippen molar-refractivity contribution in [1.29, 1.82) is 5.26 Å². The quantitative estimate of drug-likeness (QED) is 0.843. The molecule has 17 heavy (non-hydrogen) atoms. The Morgan fingerprint density at radius 2 is 2.12 bits per heavy atom. The maximum atomic E-state index is 8.83. The summed E-state index contributed by atoms with van der Waals surface area (Å²) in [5.74, 6) is 0.721. The minimum atomic E-state index is -0.361. The van der Waals surface area contributed by atoms with Crippen molar-refractivity contribution in [2.75, 3.05) is 13.7 Å². The molecule has 0 aliphatic carbocycles. The van der Waals surface area contributed by atoms with Crippen LogP contribution in [0.1, 0.15) is 25.0 Å². The molecule has 92 valence electrons. The van der Waals surface area contributed by atoms with E-state index < -0.39 is 0 Å². The molecular formula is C13H18N2O2. The fraction of sp³-hybridized carbons (Fsp3) is 0.462. The number of nitrogens with two attached hydrogens (primary N) is 1. The molecule has 0 atom stereocenters. The molecule has 0 aliphatic rings. The lowest BCUT2D eigenvalue weighted by atomic mass is 10.1. The van der Waals surface area contributed by atoms with E-state index in [1.165, 1.54) is 0 Å². The summed E-state index contributed by atoms with van der Waals surface area (Å²) in [6.07, 6.45) is 0. The standard InChI is InChI=1S/C13H18N2O2/c1-13(2,15)9-17-8-11-6-10(7-14)4-5-12(11)16-3/h4-6H,8-9,15H2,1-3H3. The zero-order valence-corrected chi connectivity index (χ0v) is 10.5. The summed E-state index contributed by atoms with van der Waals surface area (Å²) in [4.78, 5) is 0. The van der Waals surface area contributed by atoms with Crippen LogP contribution in [-0.4, -0.2) is 19.3 Å². The van der Waals surface area contributed by atoms with Crippen LogP contribution in [0.15, 0.2) is 18.2 Å². The Morgan fingerprint density at radius 3 is 2.65 bits per heavy atom. The molecule has 4 nitrogen and oxygen atoms in total. The number of rotatable bonds is 5. The molecule has 0 unspecified atom stereocenters. The summed E-state index contributed by atoms with van der Waals surface area (Å²) < 4.78 is 10.7. The first kappa shape index (κ1) is 13.5. The second kappa shape index (κ2) is 5.67. The topological polar surface area (TPSA) is 68.3 Å². The van der Waals surface area contributed by atoms with Crippen molar-refractivity contribution in [2.24, 2.45) is 5.73 Å². The van der Waals surface area contributed by atoms with Crippen molar-refractivity contribution in [3.05, 3.63) is 29.3 Å². The summed E-state index contributed by atoms with van der Waals surface area (Å²) in [5, 5.41) is 8.83. The fourth-order valence-electron chi connectivity index (χ4n) is 1.38. The number of methoxy groups -OCH3 is 1. The molecule has 0 spiro atoms. The van der Waals surface area contributed by atoms with Crippen molar-refractivity contribution in [3.8, 4) is 11.8 Å². The molecule has 0 aliphatic heterocycles. The van der Waals surface area contributed by atoms with Gasteiger partial charge in [0, 0.05) is 11.1 Å². The molecule has 0 bridgehead atoms. The highest BCUT2D eigenvalue weighted by molar-refractivity contribution is 5.41. The fourth-order valence-corrected chi connectivity index (χ4v) is 1.38. The van der Waals surface area contributed by atoms with Crippen molar-refractivity contribution < 1.29 is 9.47 Å². The number of hydrogen-bond donors (Lipinski definition) is 1. The second-order valence-electron chi connectivity index (χ2n) is 4.62. The molecule has 2 N–H and O–H groups in total. The molecule has 0 saturated carbocycles. The Hall–Kier alpha value is -1.57. The molecule has 0 fully saturated rings. The van der Waals surface area contributed by atoms with Gasteiger partial charge < -0.3 is 15.2 Å². The van der Waals surface area contributed by atoms with Crippen LogP contribution in [0.25, 0.3) is 0 Å². The van der Waals surface area contributed by atoms with Gasteiger partial charge >= 0.3 is 0 Å².